The van der Waals surface area contributed by atoms with Gasteiger partial charge in [0.1, 0.15) is 17.4 Å². The monoisotopic (exact) mass is 365 g/mol. The van der Waals surface area contributed by atoms with E-state index in [1.54, 1.807) is 20.8 Å². The van der Waals surface area contributed by atoms with E-state index in [4.69, 9.17) is 9.47 Å². The lowest BCUT2D eigenvalue weighted by Crippen LogP contribution is -2.45. The molecular formula is C20H31NO5. The van der Waals surface area contributed by atoms with Crippen LogP contribution in [0, 0.1) is 0 Å². The largest absolute Gasteiger partial charge is 0.467 e. The molecule has 2 unspecified atom stereocenters. The van der Waals surface area contributed by atoms with Gasteiger partial charge in [0.05, 0.1) is 7.11 Å². The van der Waals surface area contributed by atoms with Gasteiger partial charge in [0.2, 0.25) is 0 Å². The molecule has 6 heteroatoms. The number of Topliss-reactive ketones (excluding diaryl/α,β-unsaturated/α-hetero) is 1. The summed E-state index contributed by atoms with van der Waals surface area (Å²) in [4.78, 5) is 36.0. The normalized spacial score (nSPS) is 12.7. The third-order valence-electron chi connectivity index (χ3n) is 3.34. The first-order chi connectivity index (χ1) is 12.1. The number of methoxy groups -OCH3 is 1. The molecular weight excluding hydrogens is 334 g/mol. The molecule has 6 nitrogen and oxygen atoms in total. The van der Waals surface area contributed by atoms with Gasteiger partial charge < -0.3 is 14.8 Å². The van der Waals surface area contributed by atoms with E-state index in [0.29, 0.717) is 0 Å². The van der Waals surface area contributed by atoms with Gasteiger partial charge in [0.15, 0.2) is 0 Å². The molecule has 0 radical (unpaired) electrons. The summed E-state index contributed by atoms with van der Waals surface area (Å²) in [5.74, 6) is -1.24. The fraction of sp³-hybridized carbons (Fsp3) is 0.550. The molecule has 0 spiro atoms. The second-order valence-corrected chi connectivity index (χ2v) is 6.53. The smallest absolute Gasteiger partial charge is 0.408 e. The van der Waals surface area contributed by atoms with Crippen molar-refractivity contribution in [2.75, 3.05) is 7.11 Å². The maximum absolute atomic E-state index is 12.0. The van der Waals surface area contributed by atoms with Crippen LogP contribution in [0.2, 0.25) is 0 Å². The topological polar surface area (TPSA) is 81.7 Å². The summed E-state index contributed by atoms with van der Waals surface area (Å²) in [7, 11) is 1.23. The lowest BCUT2D eigenvalue weighted by Gasteiger charge is -2.24. The summed E-state index contributed by atoms with van der Waals surface area (Å²) in [5.41, 5.74) is 0.0920. The lowest BCUT2D eigenvalue weighted by molar-refractivity contribution is -0.143. The Bertz CT molecular complexity index is 578. The standard InChI is InChI=1S/C18H25NO5.C2H6/c1-12(20)14(13-9-7-6-8-10-13)11-15(16(21)23-5)19-17(22)24-18(2,3)4;1-2/h6-10,14-15H,11H2,1-5H3,(H,19,22);1-2H3. The molecule has 0 aromatic heterocycles. The van der Waals surface area contributed by atoms with Crippen LogP contribution in [-0.2, 0) is 19.1 Å². The predicted octanol–water partition coefficient (Wildman–Crippen LogP) is 3.84. The molecule has 26 heavy (non-hydrogen) atoms. The van der Waals surface area contributed by atoms with Crippen LogP contribution in [0.15, 0.2) is 30.3 Å². The van der Waals surface area contributed by atoms with E-state index < -0.39 is 29.6 Å². The molecule has 0 heterocycles. The average molecular weight is 365 g/mol. The van der Waals surface area contributed by atoms with Gasteiger partial charge in [-0.25, -0.2) is 9.59 Å². The molecule has 0 saturated heterocycles. The van der Waals surface area contributed by atoms with Gasteiger partial charge in [0.25, 0.3) is 0 Å². The van der Waals surface area contributed by atoms with Gasteiger partial charge in [-0.3, -0.25) is 4.79 Å². The quantitative estimate of drug-likeness (QED) is 0.775. The minimum Gasteiger partial charge on any atom is -0.467 e. The van der Waals surface area contributed by atoms with E-state index in [1.165, 1.54) is 14.0 Å². The first-order valence-electron chi connectivity index (χ1n) is 8.76. The van der Waals surface area contributed by atoms with Crippen LogP contribution in [0.25, 0.3) is 0 Å². The summed E-state index contributed by atoms with van der Waals surface area (Å²) in [6.45, 7) is 10.6. The number of hydrogen-bond donors (Lipinski definition) is 1. The Morgan fingerprint density at radius 1 is 1.08 bits per heavy atom. The molecule has 1 aromatic rings. The number of rotatable bonds is 6. The molecule has 2 atom stereocenters. The fourth-order valence-corrected chi connectivity index (χ4v) is 2.26. The van der Waals surface area contributed by atoms with Crippen molar-refractivity contribution in [3.05, 3.63) is 35.9 Å². The molecule has 1 N–H and O–H groups in total. The van der Waals surface area contributed by atoms with Crippen LogP contribution in [-0.4, -0.2) is 36.6 Å². The van der Waals surface area contributed by atoms with Crippen LogP contribution in [0.1, 0.15) is 59.4 Å². The highest BCUT2D eigenvalue weighted by molar-refractivity contribution is 5.86. The third kappa shape index (κ3) is 8.65. The maximum atomic E-state index is 12.0. The fourth-order valence-electron chi connectivity index (χ4n) is 2.26. The van der Waals surface area contributed by atoms with Gasteiger partial charge in [-0.15, -0.1) is 0 Å². The number of alkyl carbamates (subject to hydrolysis) is 1. The molecule has 0 aliphatic rings. The highest BCUT2D eigenvalue weighted by Crippen LogP contribution is 2.23. The van der Waals surface area contributed by atoms with E-state index in [-0.39, 0.29) is 12.2 Å². The average Bonchev–Trinajstić information content (AvgIpc) is 2.58. The zero-order chi connectivity index (χ0) is 20.3. The van der Waals surface area contributed by atoms with Crippen LogP contribution >= 0.6 is 0 Å². The zero-order valence-electron chi connectivity index (χ0n) is 16.8. The Labute approximate surface area is 156 Å². The highest BCUT2D eigenvalue weighted by atomic mass is 16.6. The SMILES string of the molecule is CC.COC(=O)C(CC(C(C)=O)c1ccccc1)NC(=O)OC(C)(C)C. The van der Waals surface area contributed by atoms with Crippen LogP contribution < -0.4 is 5.32 Å². The van der Waals surface area contributed by atoms with Gasteiger partial charge in [-0.05, 0) is 39.7 Å². The molecule has 1 amide bonds. The van der Waals surface area contributed by atoms with Crippen LogP contribution in [0.3, 0.4) is 0 Å². The van der Waals surface area contributed by atoms with Crippen molar-refractivity contribution >= 4 is 17.8 Å². The van der Waals surface area contributed by atoms with E-state index in [1.807, 2.05) is 44.2 Å². The first kappa shape index (κ1) is 23.6. The third-order valence-corrected chi connectivity index (χ3v) is 3.34. The molecule has 0 fully saturated rings. The molecule has 0 saturated carbocycles. The Morgan fingerprint density at radius 2 is 1.62 bits per heavy atom. The van der Waals surface area contributed by atoms with Gasteiger partial charge >= 0.3 is 12.1 Å². The van der Waals surface area contributed by atoms with Crippen molar-refractivity contribution in [3.8, 4) is 0 Å². The molecule has 0 aliphatic carbocycles. The number of ether oxygens (including phenoxy) is 2. The van der Waals surface area contributed by atoms with Crippen molar-refractivity contribution < 1.29 is 23.9 Å². The second kappa shape index (κ2) is 11.3. The summed E-state index contributed by atoms with van der Waals surface area (Å²) >= 11 is 0. The predicted molar refractivity (Wildman–Crippen MR) is 101 cm³/mol. The number of carbonyl (C=O) groups excluding carboxylic acids is 3. The highest BCUT2D eigenvalue weighted by Gasteiger charge is 2.30. The molecule has 0 bridgehead atoms. The number of amides is 1. The maximum Gasteiger partial charge on any atom is 0.408 e. The molecule has 1 aromatic carbocycles. The minimum absolute atomic E-state index is 0.0962. The summed E-state index contributed by atoms with van der Waals surface area (Å²) in [6, 6.07) is 8.14. The number of carbonyl (C=O) groups is 3. The van der Waals surface area contributed by atoms with Crippen molar-refractivity contribution in [1.29, 1.82) is 0 Å². The van der Waals surface area contributed by atoms with Crippen molar-refractivity contribution in [1.82, 2.24) is 5.32 Å². The van der Waals surface area contributed by atoms with Gasteiger partial charge in [0, 0.05) is 5.92 Å². The van der Waals surface area contributed by atoms with E-state index in [0.717, 1.165) is 5.56 Å². The minimum atomic E-state index is -0.973. The second-order valence-electron chi connectivity index (χ2n) is 6.53. The molecule has 0 aliphatic heterocycles. The number of nitrogens with one attached hydrogen (secondary N) is 1. The van der Waals surface area contributed by atoms with Crippen molar-refractivity contribution in [2.24, 2.45) is 0 Å². The van der Waals surface area contributed by atoms with Crippen LogP contribution in [0.5, 0.6) is 0 Å². The number of ketones is 1. The Balaban J connectivity index is 0.00000301. The van der Waals surface area contributed by atoms with Crippen molar-refractivity contribution in [3.63, 3.8) is 0 Å². The summed E-state index contributed by atoms with van der Waals surface area (Å²) < 4.78 is 9.91. The van der Waals surface area contributed by atoms with E-state index >= 15 is 0 Å². The molecule has 1 rings (SSSR count). The van der Waals surface area contributed by atoms with E-state index in [9.17, 15) is 14.4 Å². The molecule has 146 valence electrons. The summed E-state index contributed by atoms with van der Waals surface area (Å²) in [5, 5.41) is 2.49. The Kier molecular flexibility index (Phi) is 10.3. The Hall–Kier alpha value is -2.37. The lowest BCUT2D eigenvalue weighted by atomic mass is 9.89. The Morgan fingerprint density at radius 3 is 2.04 bits per heavy atom. The van der Waals surface area contributed by atoms with Gasteiger partial charge in [-0.2, -0.15) is 0 Å². The number of hydrogen-bond acceptors (Lipinski definition) is 5. The number of benzene rings is 1. The summed E-state index contributed by atoms with van der Waals surface area (Å²) in [6.07, 6.45) is -0.626. The van der Waals surface area contributed by atoms with Gasteiger partial charge in [-0.1, -0.05) is 44.2 Å². The first-order valence-corrected chi connectivity index (χ1v) is 8.76. The van der Waals surface area contributed by atoms with Crippen LogP contribution in [0.4, 0.5) is 4.79 Å². The van der Waals surface area contributed by atoms with E-state index in [2.05, 4.69) is 5.32 Å². The zero-order valence-corrected chi connectivity index (χ0v) is 16.8. The number of esters is 1. The van der Waals surface area contributed by atoms with Crippen molar-refractivity contribution in [2.45, 2.75) is 65.5 Å².